The van der Waals surface area contributed by atoms with Gasteiger partial charge in [0.1, 0.15) is 0 Å². The molecule has 7 heteroatoms. The van der Waals surface area contributed by atoms with Gasteiger partial charge in [-0.3, -0.25) is 0 Å². The Morgan fingerprint density at radius 2 is 1.84 bits per heavy atom. The zero-order valence-corrected chi connectivity index (χ0v) is 11.2. The molecule has 2 rings (SSSR count). The number of anilines is 1. The fourth-order valence-electron chi connectivity index (χ4n) is 1.53. The van der Waals surface area contributed by atoms with E-state index in [1.54, 1.807) is 19.2 Å². The van der Waals surface area contributed by atoms with E-state index in [2.05, 4.69) is 15.3 Å². The molecule has 5 nitrogen and oxygen atoms in total. The van der Waals surface area contributed by atoms with E-state index in [1.165, 1.54) is 12.1 Å². The molecule has 0 fully saturated rings. The summed E-state index contributed by atoms with van der Waals surface area (Å²) in [6, 6.07) is 6.11. The van der Waals surface area contributed by atoms with Crippen LogP contribution in [0.1, 0.15) is 0 Å². The van der Waals surface area contributed by atoms with Gasteiger partial charge in [-0.2, -0.15) is 0 Å². The number of hydrogen-bond acceptors (Lipinski definition) is 5. The number of benzene rings is 1. The summed E-state index contributed by atoms with van der Waals surface area (Å²) in [7, 11) is -1.68. The average Bonchev–Trinajstić information content (AvgIpc) is 2.38. The first-order valence-corrected chi connectivity index (χ1v) is 7.32. The van der Waals surface area contributed by atoms with Crippen LogP contribution < -0.4 is 5.32 Å². The smallest absolute Gasteiger partial charge is 0.183 e. The lowest BCUT2D eigenvalue weighted by atomic mass is 10.2. The minimum absolute atomic E-state index is 0.0946. The summed E-state index contributed by atoms with van der Waals surface area (Å²) >= 11 is 0. The van der Waals surface area contributed by atoms with Crippen molar-refractivity contribution in [2.24, 2.45) is 0 Å². The van der Waals surface area contributed by atoms with E-state index >= 15 is 0 Å². The van der Waals surface area contributed by atoms with Crippen LogP contribution in [0.4, 0.5) is 10.2 Å². The molecule has 0 atom stereocenters. The molecule has 100 valence electrons. The first-order valence-electron chi connectivity index (χ1n) is 5.42. The highest BCUT2D eigenvalue weighted by Crippen LogP contribution is 2.20. The zero-order valence-electron chi connectivity index (χ0n) is 10.4. The van der Waals surface area contributed by atoms with Crippen molar-refractivity contribution in [1.82, 2.24) is 9.97 Å². The van der Waals surface area contributed by atoms with Crippen molar-refractivity contribution in [3.05, 3.63) is 36.3 Å². The topological polar surface area (TPSA) is 72.0 Å². The molecule has 0 unspecified atom stereocenters. The Hall–Kier alpha value is -2.02. The molecule has 1 N–H and O–H groups in total. The minimum atomic E-state index is -3.23. The molecule has 0 bridgehead atoms. The van der Waals surface area contributed by atoms with Crippen LogP contribution in [-0.4, -0.2) is 31.7 Å². The highest BCUT2D eigenvalue weighted by atomic mass is 32.2. The van der Waals surface area contributed by atoms with E-state index in [9.17, 15) is 12.8 Å². The third kappa shape index (κ3) is 2.87. The average molecular weight is 281 g/mol. The van der Waals surface area contributed by atoms with Crippen LogP contribution in [0.15, 0.2) is 35.4 Å². The number of nitrogens with one attached hydrogen (secondary N) is 1. The minimum Gasteiger partial charge on any atom is -0.371 e. The van der Waals surface area contributed by atoms with Crippen LogP contribution in [0.25, 0.3) is 11.4 Å². The molecule has 0 amide bonds. The molecule has 1 aromatic heterocycles. The van der Waals surface area contributed by atoms with E-state index in [0.29, 0.717) is 11.4 Å². The van der Waals surface area contributed by atoms with E-state index in [1.807, 2.05) is 0 Å². The molecule has 1 aromatic carbocycles. The van der Waals surface area contributed by atoms with Gasteiger partial charge in [0.2, 0.25) is 0 Å². The second-order valence-corrected chi connectivity index (χ2v) is 5.95. The normalized spacial score (nSPS) is 11.3. The Labute approximate surface area is 110 Å². The quantitative estimate of drug-likeness (QED) is 0.927. The van der Waals surface area contributed by atoms with Gasteiger partial charge < -0.3 is 5.32 Å². The van der Waals surface area contributed by atoms with Gasteiger partial charge in [-0.05, 0) is 24.3 Å². The van der Waals surface area contributed by atoms with Gasteiger partial charge in [0.15, 0.2) is 27.3 Å². The zero-order chi connectivity index (χ0) is 14.0. The van der Waals surface area contributed by atoms with Crippen molar-refractivity contribution >= 4 is 15.7 Å². The number of nitrogens with zero attached hydrogens (tertiary/aromatic N) is 2. The van der Waals surface area contributed by atoms with E-state index < -0.39 is 15.7 Å². The lowest BCUT2D eigenvalue weighted by Crippen LogP contribution is -2.00. The van der Waals surface area contributed by atoms with Crippen molar-refractivity contribution in [3.63, 3.8) is 0 Å². The maximum absolute atomic E-state index is 13.2. The van der Waals surface area contributed by atoms with Gasteiger partial charge in [0.05, 0.1) is 11.1 Å². The second kappa shape index (κ2) is 4.93. The van der Waals surface area contributed by atoms with Crippen LogP contribution in [0, 0.1) is 5.82 Å². The Morgan fingerprint density at radius 1 is 1.21 bits per heavy atom. The van der Waals surface area contributed by atoms with Crippen LogP contribution in [0.2, 0.25) is 0 Å². The lowest BCUT2D eigenvalue weighted by molar-refractivity contribution is 0.602. The van der Waals surface area contributed by atoms with Gasteiger partial charge in [-0.25, -0.2) is 22.8 Å². The van der Waals surface area contributed by atoms with Gasteiger partial charge >= 0.3 is 0 Å². The van der Waals surface area contributed by atoms with Crippen LogP contribution in [0.3, 0.4) is 0 Å². The molecule has 0 aliphatic carbocycles. The Balaban J connectivity index is 2.43. The SMILES string of the molecule is CNc1nc(-c2ccc(S(C)(=O)=O)cc2)ncc1F. The summed E-state index contributed by atoms with van der Waals surface area (Å²) < 4.78 is 35.9. The largest absolute Gasteiger partial charge is 0.371 e. The number of rotatable bonds is 3. The van der Waals surface area contributed by atoms with Crippen molar-refractivity contribution in [2.75, 3.05) is 18.6 Å². The molecule has 0 aliphatic rings. The monoisotopic (exact) mass is 281 g/mol. The predicted octanol–water partition coefficient (Wildman–Crippen LogP) is 1.73. The molecule has 0 radical (unpaired) electrons. The third-order valence-electron chi connectivity index (χ3n) is 2.52. The molecular weight excluding hydrogens is 269 g/mol. The summed E-state index contributed by atoms with van der Waals surface area (Å²) in [5.74, 6) is -0.123. The molecule has 0 aliphatic heterocycles. The summed E-state index contributed by atoms with van der Waals surface area (Å²) in [6.45, 7) is 0. The molecule has 0 saturated carbocycles. The van der Waals surface area contributed by atoms with Crippen molar-refractivity contribution in [1.29, 1.82) is 0 Å². The summed E-state index contributed by atoms with van der Waals surface area (Å²) in [5.41, 5.74) is 0.615. The predicted molar refractivity (Wildman–Crippen MR) is 70.1 cm³/mol. The van der Waals surface area contributed by atoms with Crippen molar-refractivity contribution < 1.29 is 12.8 Å². The molecular formula is C12H12FN3O2S. The standard InChI is InChI=1S/C12H12FN3O2S/c1-14-12-10(13)7-15-11(16-12)8-3-5-9(6-4-8)19(2,17)18/h3-7H,1-2H3,(H,14,15,16). The van der Waals surface area contributed by atoms with E-state index in [0.717, 1.165) is 12.5 Å². The van der Waals surface area contributed by atoms with Gasteiger partial charge in [-0.15, -0.1) is 0 Å². The number of halogens is 1. The maximum atomic E-state index is 13.2. The molecule has 0 spiro atoms. The van der Waals surface area contributed by atoms with E-state index in [4.69, 9.17) is 0 Å². The number of hydrogen-bond donors (Lipinski definition) is 1. The molecule has 19 heavy (non-hydrogen) atoms. The van der Waals surface area contributed by atoms with Crippen molar-refractivity contribution in [2.45, 2.75) is 4.90 Å². The number of sulfone groups is 1. The molecule has 0 saturated heterocycles. The maximum Gasteiger partial charge on any atom is 0.183 e. The lowest BCUT2D eigenvalue weighted by Gasteiger charge is -2.05. The fourth-order valence-corrected chi connectivity index (χ4v) is 2.16. The molecule has 1 heterocycles. The highest BCUT2D eigenvalue weighted by Gasteiger charge is 2.10. The summed E-state index contributed by atoms with van der Waals surface area (Å²) in [4.78, 5) is 8.09. The van der Waals surface area contributed by atoms with E-state index in [-0.39, 0.29) is 10.7 Å². The van der Waals surface area contributed by atoms with Crippen LogP contribution >= 0.6 is 0 Å². The summed E-state index contributed by atoms with van der Waals surface area (Å²) in [6.07, 6.45) is 2.20. The van der Waals surface area contributed by atoms with Crippen LogP contribution in [-0.2, 0) is 9.84 Å². The Kier molecular flexibility index (Phi) is 3.48. The second-order valence-electron chi connectivity index (χ2n) is 3.94. The van der Waals surface area contributed by atoms with Gasteiger partial charge in [-0.1, -0.05) is 0 Å². The van der Waals surface area contributed by atoms with Crippen LogP contribution in [0.5, 0.6) is 0 Å². The van der Waals surface area contributed by atoms with Gasteiger partial charge in [0.25, 0.3) is 0 Å². The molecule has 2 aromatic rings. The summed E-state index contributed by atoms with van der Waals surface area (Å²) in [5, 5.41) is 2.62. The van der Waals surface area contributed by atoms with Gasteiger partial charge in [0, 0.05) is 18.9 Å². The Bertz CT molecular complexity index is 699. The third-order valence-corrected chi connectivity index (χ3v) is 3.65. The first-order chi connectivity index (χ1) is 8.91. The Morgan fingerprint density at radius 3 is 2.37 bits per heavy atom. The van der Waals surface area contributed by atoms with Crippen molar-refractivity contribution in [3.8, 4) is 11.4 Å². The fraction of sp³-hybridized carbons (Fsp3) is 0.167. The first kappa shape index (κ1) is 13.4. The number of aromatic nitrogens is 2. The highest BCUT2D eigenvalue weighted by molar-refractivity contribution is 7.90.